The summed E-state index contributed by atoms with van der Waals surface area (Å²) in [6.07, 6.45) is 9.10. The molecule has 0 spiro atoms. The molecule has 1 aliphatic carbocycles. The Morgan fingerprint density at radius 2 is 1.84 bits per heavy atom. The average molecular weight is 417 g/mol. The van der Waals surface area contributed by atoms with Gasteiger partial charge in [0.1, 0.15) is 5.75 Å². The fourth-order valence-corrected chi connectivity index (χ4v) is 4.56. The quantitative estimate of drug-likeness (QED) is 0.433. The normalized spacial score (nSPS) is 14.5. The van der Waals surface area contributed by atoms with Gasteiger partial charge in [0.15, 0.2) is 0 Å². The molecule has 1 fully saturated rings. The lowest BCUT2D eigenvalue weighted by atomic mass is 9.86. The molecule has 1 heterocycles. The summed E-state index contributed by atoms with van der Waals surface area (Å²) >= 11 is 0. The third-order valence-electron chi connectivity index (χ3n) is 6.22. The van der Waals surface area contributed by atoms with Crippen molar-refractivity contribution in [2.45, 2.75) is 51.9 Å². The molecule has 1 N–H and O–H groups in total. The van der Waals surface area contributed by atoms with Crippen LogP contribution >= 0.6 is 0 Å². The van der Waals surface area contributed by atoms with E-state index in [9.17, 15) is 4.79 Å². The molecule has 0 saturated heterocycles. The standard InChI is InChI=1S/C27H32N2O2/c1-2-31-22-16-14-21(15-17-22)26-19-24(23-12-6-7-13-25(23)29-26)27(30)28-18-8-11-20-9-4-3-5-10-20/h6-7,12-17,19-20H,2-5,8-11,18H2,1H3,(H,28,30). The number of hydrogen-bond acceptors (Lipinski definition) is 3. The first-order valence-corrected chi connectivity index (χ1v) is 11.7. The second-order valence-electron chi connectivity index (χ2n) is 8.43. The van der Waals surface area contributed by atoms with Gasteiger partial charge >= 0.3 is 0 Å². The van der Waals surface area contributed by atoms with Crippen LogP contribution in [-0.4, -0.2) is 24.0 Å². The number of benzene rings is 2. The van der Waals surface area contributed by atoms with Crippen LogP contribution in [-0.2, 0) is 0 Å². The van der Waals surface area contributed by atoms with Gasteiger partial charge in [0.2, 0.25) is 0 Å². The van der Waals surface area contributed by atoms with Gasteiger partial charge in [0.25, 0.3) is 5.91 Å². The first-order valence-electron chi connectivity index (χ1n) is 11.7. The van der Waals surface area contributed by atoms with Crippen molar-refractivity contribution in [2.24, 2.45) is 5.92 Å². The van der Waals surface area contributed by atoms with Crippen molar-refractivity contribution < 1.29 is 9.53 Å². The second-order valence-corrected chi connectivity index (χ2v) is 8.43. The maximum atomic E-state index is 13.1. The number of fused-ring (bicyclic) bond motifs is 1. The highest BCUT2D eigenvalue weighted by Gasteiger charge is 2.15. The lowest BCUT2D eigenvalue weighted by Crippen LogP contribution is -2.25. The highest BCUT2D eigenvalue weighted by Crippen LogP contribution is 2.28. The minimum absolute atomic E-state index is 0.0190. The molecular weight excluding hydrogens is 384 g/mol. The van der Waals surface area contributed by atoms with Crippen molar-refractivity contribution in [1.82, 2.24) is 10.3 Å². The molecule has 0 radical (unpaired) electrons. The van der Waals surface area contributed by atoms with Gasteiger partial charge in [-0.1, -0.05) is 50.3 Å². The van der Waals surface area contributed by atoms with E-state index in [-0.39, 0.29) is 5.91 Å². The monoisotopic (exact) mass is 416 g/mol. The smallest absolute Gasteiger partial charge is 0.252 e. The van der Waals surface area contributed by atoms with Crippen LogP contribution in [0.1, 0.15) is 62.2 Å². The fraction of sp³-hybridized carbons (Fsp3) is 0.407. The zero-order valence-electron chi connectivity index (χ0n) is 18.4. The molecule has 1 aliphatic rings. The van der Waals surface area contributed by atoms with Gasteiger partial charge < -0.3 is 10.1 Å². The number of carbonyl (C=O) groups excluding carboxylic acids is 1. The van der Waals surface area contributed by atoms with E-state index in [2.05, 4.69) is 5.32 Å². The van der Waals surface area contributed by atoms with E-state index in [4.69, 9.17) is 9.72 Å². The Kier molecular flexibility index (Phi) is 7.18. The molecule has 1 aromatic heterocycles. The van der Waals surface area contributed by atoms with Crippen LogP contribution in [0, 0.1) is 5.92 Å². The molecule has 4 rings (SSSR count). The molecule has 4 heteroatoms. The number of carbonyl (C=O) groups is 1. The van der Waals surface area contributed by atoms with Gasteiger partial charge in [0, 0.05) is 17.5 Å². The van der Waals surface area contributed by atoms with Gasteiger partial charge in [-0.2, -0.15) is 0 Å². The Bertz CT molecular complexity index is 1010. The number of pyridine rings is 1. The number of nitrogens with zero attached hydrogens (tertiary/aromatic N) is 1. The Hall–Kier alpha value is -2.88. The van der Waals surface area contributed by atoms with E-state index < -0.39 is 0 Å². The van der Waals surface area contributed by atoms with Crippen LogP contribution in [0.15, 0.2) is 54.6 Å². The van der Waals surface area contributed by atoms with Gasteiger partial charge in [-0.05, 0) is 62.1 Å². The zero-order valence-corrected chi connectivity index (χ0v) is 18.4. The highest BCUT2D eigenvalue weighted by atomic mass is 16.5. The van der Waals surface area contributed by atoms with Crippen molar-refractivity contribution in [3.8, 4) is 17.0 Å². The first-order chi connectivity index (χ1) is 15.2. The lowest BCUT2D eigenvalue weighted by Gasteiger charge is -2.21. The molecule has 0 atom stereocenters. The van der Waals surface area contributed by atoms with E-state index in [0.29, 0.717) is 12.2 Å². The number of hydrogen-bond donors (Lipinski definition) is 1. The summed E-state index contributed by atoms with van der Waals surface area (Å²) < 4.78 is 5.54. The predicted molar refractivity (Wildman–Crippen MR) is 126 cm³/mol. The number of rotatable bonds is 8. The number of aromatic nitrogens is 1. The molecule has 1 saturated carbocycles. The first kappa shape index (κ1) is 21.4. The topological polar surface area (TPSA) is 51.2 Å². The van der Waals surface area contributed by atoms with Crippen molar-refractivity contribution >= 4 is 16.8 Å². The summed E-state index contributed by atoms with van der Waals surface area (Å²) in [6, 6.07) is 17.6. The van der Waals surface area contributed by atoms with Crippen LogP contribution < -0.4 is 10.1 Å². The number of ether oxygens (including phenoxy) is 1. The Balaban J connectivity index is 1.49. The Labute approximate surface area is 185 Å². The molecule has 2 aromatic carbocycles. The minimum Gasteiger partial charge on any atom is -0.494 e. The number of amides is 1. The van der Waals surface area contributed by atoms with Crippen LogP contribution in [0.3, 0.4) is 0 Å². The maximum Gasteiger partial charge on any atom is 0.252 e. The fourth-order valence-electron chi connectivity index (χ4n) is 4.56. The van der Waals surface area contributed by atoms with E-state index in [1.807, 2.05) is 61.5 Å². The molecule has 1 amide bonds. The lowest BCUT2D eigenvalue weighted by molar-refractivity contribution is 0.0953. The van der Waals surface area contributed by atoms with Gasteiger partial charge in [0.05, 0.1) is 23.4 Å². The van der Waals surface area contributed by atoms with Crippen molar-refractivity contribution in [3.63, 3.8) is 0 Å². The number of para-hydroxylation sites is 1. The minimum atomic E-state index is -0.0190. The van der Waals surface area contributed by atoms with Gasteiger partial charge in [-0.15, -0.1) is 0 Å². The average Bonchev–Trinajstić information content (AvgIpc) is 2.82. The molecule has 162 valence electrons. The highest BCUT2D eigenvalue weighted by molar-refractivity contribution is 6.07. The van der Waals surface area contributed by atoms with Gasteiger partial charge in [-0.25, -0.2) is 4.98 Å². The van der Waals surface area contributed by atoms with Crippen molar-refractivity contribution in [2.75, 3.05) is 13.2 Å². The molecular formula is C27H32N2O2. The molecule has 31 heavy (non-hydrogen) atoms. The summed E-state index contributed by atoms with van der Waals surface area (Å²) in [5.74, 6) is 1.66. The van der Waals surface area contributed by atoms with Crippen LogP contribution in [0.25, 0.3) is 22.2 Å². The van der Waals surface area contributed by atoms with E-state index in [0.717, 1.165) is 46.8 Å². The van der Waals surface area contributed by atoms with Crippen LogP contribution in [0.4, 0.5) is 0 Å². The summed E-state index contributed by atoms with van der Waals surface area (Å²) in [4.78, 5) is 17.9. The third kappa shape index (κ3) is 5.43. The zero-order chi connectivity index (χ0) is 21.5. The molecule has 0 unspecified atom stereocenters. The van der Waals surface area contributed by atoms with Gasteiger partial charge in [-0.3, -0.25) is 4.79 Å². The number of nitrogens with one attached hydrogen (secondary N) is 1. The van der Waals surface area contributed by atoms with E-state index in [1.54, 1.807) is 0 Å². The maximum absolute atomic E-state index is 13.1. The summed E-state index contributed by atoms with van der Waals surface area (Å²) in [7, 11) is 0. The molecule has 0 aliphatic heterocycles. The Morgan fingerprint density at radius 1 is 1.06 bits per heavy atom. The molecule has 0 bridgehead atoms. The second kappa shape index (κ2) is 10.4. The molecule has 4 nitrogen and oxygen atoms in total. The van der Waals surface area contributed by atoms with E-state index >= 15 is 0 Å². The SMILES string of the molecule is CCOc1ccc(-c2cc(C(=O)NCCCC3CCCCC3)c3ccccc3n2)cc1. The van der Waals surface area contributed by atoms with Crippen molar-refractivity contribution in [3.05, 3.63) is 60.2 Å². The van der Waals surface area contributed by atoms with Crippen LogP contribution in [0.2, 0.25) is 0 Å². The summed E-state index contributed by atoms with van der Waals surface area (Å²) in [5, 5.41) is 4.04. The summed E-state index contributed by atoms with van der Waals surface area (Å²) in [5.41, 5.74) is 3.29. The van der Waals surface area contributed by atoms with Crippen molar-refractivity contribution in [1.29, 1.82) is 0 Å². The predicted octanol–water partition coefficient (Wildman–Crippen LogP) is 6.39. The van der Waals surface area contributed by atoms with E-state index in [1.165, 1.54) is 38.5 Å². The largest absolute Gasteiger partial charge is 0.494 e. The van der Waals surface area contributed by atoms with Crippen LogP contribution in [0.5, 0.6) is 5.75 Å². The molecule has 3 aromatic rings. The Morgan fingerprint density at radius 3 is 2.61 bits per heavy atom. The third-order valence-corrected chi connectivity index (χ3v) is 6.22. The summed E-state index contributed by atoms with van der Waals surface area (Å²) in [6.45, 7) is 3.34.